The van der Waals surface area contributed by atoms with E-state index in [2.05, 4.69) is 36.9 Å². The lowest BCUT2D eigenvalue weighted by molar-refractivity contribution is 0.506. The molecule has 17 heavy (non-hydrogen) atoms. The minimum atomic E-state index is 0.262. The van der Waals surface area contributed by atoms with Gasteiger partial charge in [-0.05, 0) is 28.8 Å². The van der Waals surface area contributed by atoms with E-state index in [0.29, 0.717) is 0 Å². The summed E-state index contributed by atoms with van der Waals surface area (Å²) in [5, 5.41) is 1.04. The fourth-order valence-electron chi connectivity index (χ4n) is 2.42. The largest absolute Gasteiger partial charge is 0.368 e. The van der Waals surface area contributed by atoms with Gasteiger partial charge in [0.05, 0.1) is 15.5 Å². The van der Waals surface area contributed by atoms with Crippen LogP contribution in [0.2, 0.25) is 0 Å². The molecule has 2 aromatic rings. The Morgan fingerprint density at radius 2 is 2.47 bits per heavy atom. The minimum Gasteiger partial charge on any atom is -0.368 e. The van der Waals surface area contributed by atoms with Crippen molar-refractivity contribution in [1.82, 2.24) is 9.97 Å². The number of pyridine rings is 1. The molecule has 3 heterocycles. The predicted molar refractivity (Wildman–Crippen MR) is 72.1 cm³/mol. The molecule has 3 rings (SSSR count). The van der Waals surface area contributed by atoms with Gasteiger partial charge >= 0.3 is 0 Å². The predicted octanol–water partition coefficient (Wildman–Crippen LogP) is 2.05. The van der Waals surface area contributed by atoms with Gasteiger partial charge in [0, 0.05) is 37.6 Å². The first-order valence-electron chi connectivity index (χ1n) is 5.79. The van der Waals surface area contributed by atoms with Gasteiger partial charge in [-0.25, -0.2) is 4.98 Å². The Balaban J connectivity index is 2.08. The average molecular weight is 294 g/mol. The number of halogens is 1. The van der Waals surface area contributed by atoms with Crippen LogP contribution < -0.4 is 10.6 Å². The highest BCUT2D eigenvalue weighted by Gasteiger charge is 2.21. The van der Waals surface area contributed by atoms with Gasteiger partial charge in [-0.1, -0.05) is 0 Å². The fraction of sp³-hybridized carbons (Fsp3) is 0.417. The van der Waals surface area contributed by atoms with E-state index in [-0.39, 0.29) is 6.04 Å². The number of aromatic amines is 1. The zero-order chi connectivity index (χ0) is 11.8. The van der Waals surface area contributed by atoms with Crippen molar-refractivity contribution in [3.63, 3.8) is 0 Å². The van der Waals surface area contributed by atoms with Gasteiger partial charge in [-0.2, -0.15) is 0 Å². The molecule has 0 aromatic carbocycles. The third kappa shape index (κ3) is 1.93. The molecule has 3 N–H and O–H groups in total. The number of nitrogens with zero attached hydrogens (tertiary/aromatic N) is 2. The lowest BCUT2D eigenvalue weighted by atomic mass is 10.1. The molecule has 0 saturated carbocycles. The molecule has 5 heteroatoms. The number of H-pyrrole nitrogens is 1. The van der Waals surface area contributed by atoms with Gasteiger partial charge in [0.15, 0.2) is 0 Å². The first-order chi connectivity index (χ1) is 8.25. The van der Waals surface area contributed by atoms with Crippen molar-refractivity contribution in [2.75, 3.05) is 18.0 Å². The number of fused-ring (bicyclic) bond motifs is 1. The molecule has 0 spiro atoms. The number of hydrogen-bond acceptors (Lipinski definition) is 3. The van der Waals surface area contributed by atoms with Crippen LogP contribution in [0.3, 0.4) is 0 Å². The van der Waals surface area contributed by atoms with Crippen molar-refractivity contribution in [1.29, 1.82) is 0 Å². The summed E-state index contributed by atoms with van der Waals surface area (Å²) >= 11 is 3.58. The second-order valence-corrected chi connectivity index (χ2v) is 5.31. The van der Waals surface area contributed by atoms with Crippen LogP contribution in [-0.4, -0.2) is 29.1 Å². The van der Waals surface area contributed by atoms with Crippen molar-refractivity contribution >= 4 is 32.7 Å². The normalized spacial score (nSPS) is 21.1. The van der Waals surface area contributed by atoms with Crippen LogP contribution >= 0.6 is 15.9 Å². The molecule has 1 atom stereocenters. The quantitative estimate of drug-likeness (QED) is 0.846. The summed E-state index contributed by atoms with van der Waals surface area (Å²) in [5.74, 6) is 0. The fourth-order valence-corrected chi connectivity index (χ4v) is 2.97. The summed E-state index contributed by atoms with van der Waals surface area (Å²) in [4.78, 5) is 9.74. The Morgan fingerprint density at radius 3 is 3.29 bits per heavy atom. The smallest absolute Gasteiger partial charge is 0.140 e. The van der Waals surface area contributed by atoms with Crippen LogP contribution in [0.15, 0.2) is 16.9 Å². The maximum atomic E-state index is 6.04. The van der Waals surface area contributed by atoms with Crippen LogP contribution in [-0.2, 0) is 0 Å². The van der Waals surface area contributed by atoms with Gasteiger partial charge in [-0.3, -0.25) is 0 Å². The van der Waals surface area contributed by atoms with E-state index in [1.807, 2.05) is 6.20 Å². The van der Waals surface area contributed by atoms with Crippen LogP contribution in [0.25, 0.3) is 11.0 Å². The van der Waals surface area contributed by atoms with Gasteiger partial charge in [0.1, 0.15) is 5.65 Å². The summed E-state index contributed by atoms with van der Waals surface area (Å²) in [6.45, 7) is 1.95. The summed E-state index contributed by atoms with van der Waals surface area (Å²) < 4.78 is 1.01. The van der Waals surface area contributed by atoms with Gasteiger partial charge in [0.2, 0.25) is 0 Å². The lowest BCUT2D eigenvalue weighted by Gasteiger charge is -2.33. The lowest BCUT2D eigenvalue weighted by Crippen LogP contribution is -2.43. The highest BCUT2D eigenvalue weighted by molar-refractivity contribution is 9.10. The summed E-state index contributed by atoms with van der Waals surface area (Å²) in [6.07, 6.45) is 5.89. The van der Waals surface area contributed by atoms with Crippen molar-refractivity contribution in [3.05, 3.63) is 22.9 Å². The van der Waals surface area contributed by atoms with E-state index >= 15 is 0 Å². The Bertz CT molecular complexity index is 536. The van der Waals surface area contributed by atoms with Crippen molar-refractivity contribution < 1.29 is 0 Å². The minimum absolute atomic E-state index is 0.262. The van der Waals surface area contributed by atoms with E-state index in [0.717, 1.165) is 47.1 Å². The van der Waals surface area contributed by atoms with E-state index in [1.54, 1.807) is 6.20 Å². The second kappa shape index (κ2) is 4.31. The first kappa shape index (κ1) is 11.0. The number of hydrogen-bond donors (Lipinski definition) is 2. The Hall–Kier alpha value is -1.07. The molecule has 0 amide bonds. The number of piperidine rings is 1. The third-order valence-electron chi connectivity index (χ3n) is 3.21. The average Bonchev–Trinajstić information content (AvgIpc) is 2.76. The molecular weight excluding hydrogens is 280 g/mol. The molecule has 89 valence electrons. The van der Waals surface area contributed by atoms with E-state index < -0.39 is 0 Å². The summed E-state index contributed by atoms with van der Waals surface area (Å²) in [5.41, 5.74) is 8.08. The van der Waals surface area contributed by atoms with Crippen molar-refractivity contribution in [2.45, 2.75) is 18.9 Å². The second-order valence-electron chi connectivity index (χ2n) is 4.46. The SMILES string of the molecule is N[C@@H]1CCCN(c2c(Br)cnc3[nH]c[c]c23)C1. The number of aromatic nitrogens is 2. The molecule has 1 fully saturated rings. The maximum absolute atomic E-state index is 6.04. The Labute approximate surface area is 108 Å². The molecule has 0 unspecified atom stereocenters. The van der Waals surface area contributed by atoms with Gasteiger partial charge in [-0.15, -0.1) is 0 Å². The highest BCUT2D eigenvalue weighted by atomic mass is 79.9. The van der Waals surface area contributed by atoms with E-state index in [4.69, 9.17) is 5.73 Å². The van der Waals surface area contributed by atoms with E-state index in [1.165, 1.54) is 0 Å². The first-order valence-corrected chi connectivity index (χ1v) is 6.59. The third-order valence-corrected chi connectivity index (χ3v) is 3.79. The molecule has 1 aliphatic heterocycles. The Morgan fingerprint density at radius 1 is 1.59 bits per heavy atom. The zero-order valence-corrected chi connectivity index (χ0v) is 11.0. The molecule has 1 saturated heterocycles. The van der Waals surface area contributed by atoms with E-state index in [9.17, 15) is 0 Å². The Kier molecular flexibility index (Phi) is 2.80. The molecule has 1 radical (unpaired) electrons. The van der Waals surface area contributed by atoms with Gasteiger partial charge in [0.25, 0.3) is 0 Å². The highest BCUT2D eigenvalue weighted by Crippen LogP contribution is 2.34. The van der Waals surface area contributed by atoms with Gasteiger partial charge < -0.3 is 15.6 Å². The molecular formula is C12H14BrN4. The topological polar surface area (TPSA) is 57.9 Å². The number of rotatable bonds is 1. The van der Waals surface area contributed by atoms with Crippen LogP contribution in [0.1, 0.15) is 12.8 Å². The van der Waals surface area contributed by atoms with Crippen LogP contribution in [0.5, 0.6) is 0 Å². The standard InChI is InChI=1S/C12H14BrN4/c13-10-6-16-12-9(3-4-15-12)11(10)17-5-1-2-8(14)7-17/h4,6,8H,1-2,5,7,14H2,(H,15,16)/t8-/m1/s1. The summed E-state index contributed by atoms with van der Waals surface area (Å²) in [7, 11) is 0. The van der Waals surface area contributed by atoms with Crippen LogP contribution in [0, 0.1) is 6.07 Å². The number of nitrogens with two attached hydrogens (primary N) is 1. The van der Waals surface area contributed by atoms with Crippen molar-refractivity contribution in [2.24, 2.45) is 5.73 Å². The summed E-state index contributed by atoms with van der Waals surface area (Å²) in [6, 6.07) is 3.47. The maximum Gasteiger partial charge on any atom is 0.140 e. The number of anilines is 1. The molecule has 0 bridgehead atoms. The zero-order valence-electron chi connectivity index (χ0n) is 9.41. The molecule has 1 aliphatic rings. The number of nitrogens with one attached hydrogen (secondary N) is 1. The molecule has 2 aromatic heterocycles. The monoisotopic (exact) mass is 293 g/mol. The molecule has 0 aliphatic carbocycles. The molecule has 4 nitrogen and oxygen atoms in total. The van der Waals surface area contributed by atoms with Crippen molar-refractivity contribution in [3.8, 4) is 0 Å². The van der Waals surface area contributed by atoms with Crippen LogP contribution in [0.4, 0.5) is 5.69 Å².